The summed E-state index contributed by atoms with van der Waals surface area (Å²) in [6.45, 7) is 2.16. The number of rotatable bonds is 6. The molecule has 1 aromatic carbocycles. The van der Waals surface area contributed by atoms with E-state index in [0.29, 0.717) is 36.4 Å². The molecule has 1 N–H and O–H groups in total. The Bertz CT molecular complexity index is 771. The number of carbonyl (C=O) groups is 1. The number of piperidine rings is 1. The number of hydrogen-bond acceptors (Lipinski definition) is 5. The third kappa shape index (κ3) is 4.50. The van der Waals surface area contributed by atoms with Crippen LogP contribution >= 0.6 is 0 Å². The Hall–Kier alpha value is -2.11. The van der Waals surface area contributed by atoms with Crippen LogP contribution in [0.15, 0.2) is 18.2 Å². The standard InChI is InChI=1S/C17H23N3O4S/c1-3-10-25(22,23)20-9-5-4-6-15(20)17(21)19-14-11-13(12-18)7-8-16(14)24-2/h7-8,11,15H,3-6,9-10H2,1-2H3,(H,19,21). The first kappa shape index (κ1) is 19.2. The lowest BCUT2D eigenvalue weighted by Gasteiger charge is -2.33. The first-order chi connectivity index (χ1) is 11.9. The molecule has 1 aliphatic rings. The zero-order valence-electron chi connectivity index (χ0n) is 14.5. The molecule has 1 aromatic rings. The fourth-order valence-corrected chi connectivity index (χ4v) is 4.71. The molecule has 136 valence electrons. The van der Waals surface area contributed by atoms with Crippen molar-refractivity contribution in [2.75, 3.05) is 24.7 Å². The van der Waals surface area contributed by atoms with Gasteiger partial charge in [-0.15, -0.1) is 0 Å². The van der Waals surface area contributed by atoms with E-state index >= 15 is 0 Å². The number of anilines is 1. The number of ether oxygens (including phenoxy) is 1. The summed E-state index contributed by atoms with van der Waals surface area (Å²) in [5.74, 6) is 0.0585. The van der Waals surface area contributed by atoms with Gasteiger partial charge in [0.25, 0.3) is 0 Å². The molecule has 1 amide bonds. The van der Waals surface area contributed by atoms with E-state index in [1.807, 2.05) is 6.07 Å². The minimum atomic E-state index is -3.46. The molecular formula is C17H23N3O4S. The van der Waals surface area contributed by atoms with Crippen LogP contribution in [0.5, 0.6) is 5.75 Å². The fraction of sp³-hybridized carbons (Fsp3) is 0.529. The van der Waals surface area contributed by atoms with Crippen molar-refractivity contribution in [2.45, 2.75) is 38.6 Å². The van der Waals surface area contributed by atoms with Crippen molar-refractivity contribution in [3.63, 3.8) is 0 Å². The number of sulfonamides is 1. The lowest BCUT2D eigenvalue weighted by Crippen LogP contribution is -2.50. The Labute approximate surface area is 148 Å². The van der Waals surface area contributed by atoms with Gasteiger partial charge in [-0.25, -0.2) is 8.42 Å². The maximum atomic E-state index is 12.7. The van der Waals surface area contributed by atoms with Gasteiger partial charge in [-0.1, -0.05) is 13.3 Å². The van der Waals surface area contributed by atoms with E-state index in [4.69, 9.17) is 10.00 Å². The Morgan fingerprint density at radius 2 is 2.20 bits per heavy atom. The second kappa shape index (κ2) is 8.32. The van der Waals surface area contributed by atoms with E-state index in [1.54, 1.807) is 19.1 Å². The van der Waals surface area contributed by atoms with E-state index in [1.165, 1.54) is 17.5 Å². The van der Waals surface area contributed by atoms with Gasteiger partial charge in [0.2, 0.25) is 15.9 Å². The fourth-order valence-electron chi connectivity index (χ4n) is 2.97. The van der Waals surface area contributed by atoms with Gasteiger partial charge in [-0.3, -0.25) is 4.79 Å². The molecule has 8 heteroatoms. The number of carbonyl (C=O) groups excluding carboxylic acids is 1. The van der Waals surface area contributed by atoms with Crippen molar-refractivity contribution in [1.82, 2.24) is 4.31 Å². The molecule has 1 saturated heterocycles. The van der Waals surface area contributed by atoms with Gasteiger partial charge in [0.05, 0.1) is 30.2 Å². The number of benzene rings is 1. The molecule has 25 heavy (non-hydrogen) atoms. The summed E-state index contributed by atoms with van der Waals surface area (Å²) >= 11 is 0. The van der Waals surface area contributed by atoms with Crippen LogP contribution in [-0.2, 0) is 14.8 Å². The normalized spacial score (nSPS) is 18.4. The average Bonchev–Trinajstić information content (AvgIpc) is 2.61. The summed E-state index contributed by atoms with van der Waals surface area (Å²) in [5, 5.41) is 11.8. The second-order valence-electron chi connectivity index (χ2n) is 5.95. The highest BCUT2D eigenvalue weighted by Crippen LogP contribution is 2.28. The average molecular weight is 365 g/mol. The number of methoxy groups -OCH3 is 1. The van der Waals surface area contributed by atoms with Crippen molar-refractivity contribution in [2.24, 2.45) is 0 Å². The highest BCUT2D eigenvalue weighted by molar-refractivity contribution is 7.89. The zero-order valence-corrected chi connectivity index (χ0v) is 15.3. The van der Waals surface area contributed by atoms with Crippen molar-refractivity contribution in [1.29, 1.82) is 5.26 Å². The van der Waals surface area contributed by atoms with Gasteiger partial charge in [0.15, 0.2) is 0 Å². The van der Waals surface area contributed by atoms with Gasteiger partial charge in [-0.05, 0) is 37.5 Å². The Balaban J connectivity index is 2.25. The molecule has 1 aliphatic heterocycles. The summed E-state index contributed by atoms with van der Waals surface area (Å²) in [4.78, 5) is 12.7. The zero-order chi connectivity index (χ0) is 18.4. The quantitative estimate of drug-likeness (QED) is 0.832. The van der Waals surface area contributed by atoms with Crippen LogP contribution < -0.4 is 10.1 Å². The molecule has 7 nitrogen and oxygen atoms in total. The van der Waals surface area contributed by atoms with E-state index in [0.717, 1.165) is 12.8 Å². The van der Waals surface area contributed by atoms with Crippen LogP contribution in [0.25, 0.3) is 0 Å². The molecule has 1 fully saturated rings. The molecule has 1 atom stereocenters. The van der Waals surface area contributed by atoms with Gasteiger partial charge in [0, 0.05) is 6.54 Å². The summed E-state index contributed by atoms with van der Waals surface area (Å²) in [7, 11) is -1.99. The van der Waals surface area contributed by atoms with Crippen molar-refractivity contribution in [3.05, 3.63) is 23.8 Å². The first-order valence-electron chi connectivity index (χ1n) is 8.31. The Morgan fingerprint density at radius 1 is 1.44 bits per heavy atom. The topological polar surface area (TPSA) is 99.5 Å². The van der Waals surface area contributed by atoms with Gasteiger partial charge < -0.3 is 10.1 Å². The molecule has 2 rings (SSSR count). The SMILES string of the molecule is CCCS(=O)(=O)N1CCCCC1C(=O)Nc1cc(C#N)ccc1OC. The van der Waals surface area contributed by atoms with Crippen LogP contribution in [-0.4, -0.2) is 44.1 Å². The van der Waals surface area contributed by atoms with E-state index < -0.39 is 22.0 Å². The molecule has 1 heterocycles. The van der Waals surface area contributed by atoms with Crippen LogP contribution in [0.4, 0.5) is 5.69 Å². The molecule has 0 radical (unpaired) electrons. The number of nitrogens with one attached hydrogen (secondary N) is 1. The third-order valence-electron chi connectivity index (χ3n) is 4.16. The van der Waals surface area contributed by atoms with Crippen LogP contribution in [0.3, 0.4) is 0 Å². The van der Waals surface area contributed by atoms with Crippen molar-refractivity contribution < 1.29 is 17.9 Å². The summed E-state index contributed by atoms with van der Waals surface area (Å²) in [6.07, 6.45) is 2.53. The van der Waals surface area contributed by atoms with Crippen molar-refractivity contribution in [3.8, 4) is 11.8 Å². The lowest BCUT2D eigenvalue weighted by molar-refractivity contribution is -0.120. The van der Waals surface area contributed by atoms with Gasteiger partial charge in [-0.2, -0.15) is 9.57 Å². The van der Waals surface area contributed by atoms with Gasteiger partial charge in [0.1, 0.15) is 11.8 Å². The summed E-state index contributed by atoms with van der Waals surface area (Å²) in [5.41, 5.74) is 0.750. The van der Waals surface area contributed by atoms with Crippen LogP contribution in [0, 0.1) is 11.3 Å². The second-order valence-corrected chi connectivity index (χ2v) is 8.00. The van der Waals surface area contributed by atoms with E-state index in [2.05, 4.69) is 5.32 Å². The molecule has 0 spiro atoms. The molecule has 0 aliphatic carbocycles. The molecule has 1 unspecified atom stereocenters. The molecule has 0 aromatic heterocycles. The summed E-state index contributed by atoms with van der Waals surface area (Å²) in [6, 6.07) is 5.98. The number of nitrogens with zero attached hydrogens (tertiary/aromatic N) is 2. The van der Waals surface area contributed by atoms with E-state index in [-0.39, 0.29) is 5.75 Å². The molecule has 0 saturated carbocycles. The maximum absolute atomic E-state index is 12.7. The molecule has 0 bridgehead atoms. The van der Waals surface area contributed by atoms with Crippen molar-refractivity contribution >= 4 is 21.6 Å². The van der Waals surface area contributed by atoms with Crippen LogP contribution in [0.1, 0.15) is 38.2 Å². The predicted molar refractivity (Wildman–Crippen MR) is 94.8 cm³/mol. The molecular weight excluding hydrogens is 342 g/mol. The lowest BCUT2D eigenvalue weighted by atomic mass is 10.0. The number of nitriles is 1. The highest BCUT2D eigenvalue weighted by Gasteiger charge is 2.36. The Morgan fingerprint density at radius 3 is 2.84 bits per heavy atom. The van der Waals surface area contributed by atoms with E-state index in [9.17, 15) is 13.2 Å². The minimum Gasteiger partial charge on any atom is -0.495 e. The highest BCUT2D eigenvalue weighted by atomic mass is 32.2. The minimum absolute atomic E-state index is 0.0318. The number of hydrogen-bond donors (Lipinski definition) is 1. The third-order valence-corrected chi connectivity index (χ3v) is 6.24. The largest absolute Gasteiger partial charge is 0.495 e. The number of amides is 1. The van der Waals surface area contributed by atoms with Gasteiger partial charge >= 0.3 is 0 Å². The Kier molecular flexibility index (Phi) is 6.39. The maximum Gasteiger partial charge on any atom is 0.242 e. The monoisotopic (exact) mass is 365 g/mol. The smallest absolute Gasteiger partial charge is 0.242 e. The van der Waals surface area contributed by atoms with Crippen LogP contribution in [0.2, 0.25) is 0 Å². The predicted octanol–water partition coefficient (Wildman–Crippen LogP) is 2.10. The first-order valence-corrected chi connectivity index (χ1v) is 9.92. The summed E-state index contributed by atoms with van der Waals surface area (Å²) < 4.78 is 31.4.